The standard InChI is InChI=1S/C21H24F2N4O3S2/c1-13-11-27-18(14(2)24-21(27)31-13)12-25(3)20(28)15-6-8-26(9-7-15)32(29,30)19-10-16(22)4-5-17(19)23/h4-5,10-11,15H,6-9,12H2,1-3H3. The molecule has 0 N–H and O–H groups in total. The summed E-state index contributed by atoms with van der Waals surface area (Å²) in [4.78, 5) is 20.6. The van der Waals surface area contributed by atoms with Crippen molar-refractivity contribution in [3.8, 4) is 0 Å². The minimum absolute atomic E-state index is 0.0692. The number of halogens is 2. The molecule has 4 rings (SSSR count). The van der Waals surface area contributed by atoms with Crippen LogP contribution in [-0.2, 0) is 21.4 Å². The predicted octanol–water partition coefficient (Wildman–Crippen LogP) is 3.35. The zero-order valence-corrected chi connectivity index (χ0v) is 19.6. The Morgan fingerprint density at radius 1 is 1.25 bits per heavy atom. The number of hydrogen-bond donors (Lipinski definition) is 0. The van der Waals surface area contributed by atoms with E-state index in [2.05, 4.69) is 4.98 Å². The molecule has 0 radical (unpaired) electrons. The summed E-state index contributed by atoms with van der Waals surface area (Å²) >= 11 is 1.59. The quantitative estimate of drug-likeness (QED) is 0.559. The molecule has 3 aromatic rings. The van der Waals surface area contributed by atoms with Crippen molar-refractivity contribution in [1.82, 2.24) is 18.6 Å². The third kappa shape index (κ3) is 4.16. The zero-order chi connectivity index (χ0) is 23.2. The molecular weight excluding hydrogens is 458 g/mol. The Labute approximate surface area is 189 Å². The Morgan fingerprint density at radius 2 is 1.94 bits per heavy atom. The third-order valence-electron chi connectivity index (χ3n) is 5.82. The highest BCUT2D eigenvalue weighted by Crippen LogP contribution is 2.28. The van der Waals surface area contributed by atoms with Crippen molar-refractivity contribution >= 4 is 32.2 Å². The molecule has 7 nitrogen and oxygen atoms in total. The van der Waals surface area contributed by atoms with Gasteiger partial charge in [-0.2, -0.15) is 4.31 Å². The monoisotopic (exact) mass is 482 g/mol. The van der Waals surface area contributed by atoms with E-state index in [1.165, 1.54) is 0 Å². The number of aryl methyl sites for hydroxylation is 2. The van der Waals surface area contributed by atoms with E-state index in [0.29, 0.717) is 25.5 Å². The number of fused-ring (bicyclic) bond motifs is 1. The number of rotatable bonds is 5. The summed E-state index contributed by atoms with van der Waals surface area (Å²) in [5.41, 5.74) is 1.82. The fraction of sp³-hybridized carbons (Fsp3) is 0.429. The normalized spacial score (nSPS) is 16.0. The summed E-state index contributed by atoms with van der Waals surface area (Å²) in [6.07, 6.45) is 2.64. The molecule has 1 aromatic carbocycles. The smallest absolute Gasteiger partial charge is 0.246 e. The largest absolute Gasteiger partial charge is 0.340 e. The zero-order valence-electron chi connectivity index (χ0n) is 18.0. The van der Waals surface area contributed by atoms with E-state index >= 15 is 0 Å². The minimum Gasteiger partial charge on any atom is -0.340 e. The summed E-state index contributed by atoms with van der Waals surface area (Å²) in [7, 11) is -2.44. The van der Waals surface area contributed by atoms with Crippen molar-refractivity contribution in [2.45, 2.75) is 38.1 Å². The molecule has 1 saturated heterocycles. The first kappa shape index (κ1) is 22.8. The van der Waals surface area contributed by atoms with Crippen LogP contribution in [0.3, 0.4) is 0 Å². The molecule has 11 heteroatoms. The van der Waals surface area contributed by atoms with Gasteiger partial charge in [-0.15, -0.1) is 11.3 Å². The molecule has 0 atom stereocenters. The van der Waals surface area contributed by atoms with Gasteiger partial charge in [0.2, 0.25) is 15.9 Å². The Morgan fingerprint density at radius 3 is 2.62 bits per heavy atom. The highest BCUT2D eigenvalue weighted by atomic mass is 32.2. The number of carbonyl (C=O) groups is 1. The van der Waals surface area contributed by atoms with Crippen LogP contribution >= 0.6 is 11.3 Å². The van der Waals surface area contributed by atoms with E-state index in [0.717, 1.165) is 37.7 Å². The molecular formula is C21H24F2N4O3S2. The van der Waals surface area contributed by atoms with Crippen molar-refractivity contribution in [2.24, 2.45) is 5.92 Å². The van der Waals surface area contributed by atoms with Gasteiger partial charge < -0.3 is 4.90 Å². The first-order valence-corrected chi connectivity index (χ1v) is 12.5. The summed E-state index contributed by atoms with van der Waals surface area (Å²) in [6, 6.07) is 2.37. The van der Waals surface area contributed by atoms with Gasteiger partial charge in [0, 0.05) is 37.1 Å². The number of hydrogen-bond acceptors (Lipinski definition) is 5. The van der Waals surface area contributed by atoms with Crippen LogP contribution in [0.2, 0.25) is 0 Å². The molecule has 1 amide bonds. The molecule has 2 aromatic heterocycles. The molecule has 1 aliphatic rings. The fourth-order valence-corrected chi connectivity index (χ4v) is 6.51. The molecule has 172 valence electrons. The predicted molar refractivity (Wildman–Crippen MR) is 117 cm³/mol. The number of carbonyl (C=O) groups excluding carboxylic acids is 1. The highest BCUT2D eigenvalue weighted by molar-refractivity contribution is 7.89. The molecule has 0 spiro atoms. The lowest BCUT2D eigenvalue weighted by atomic mass is 9.96. The number of amides is 1. The average molecular weight is 483 g/mol. The molecule has 1 fully saturated rings. The van der Waals surface area contributed by atoms with Gasteiger partial charge in [0.15, 0.2) is 4.96 Å². The summed E-state index contributed by atoms with van der Waals surface area (Å²) in [6.45, 7) is 4.46. The molecule has 3 heterocycles. The fourth-order valence-electron chi connectivity index (χ4n) is 4.07. The van der Waals surface area contributed by atoms with Gasteiger partial charge in [-0.25, -0.2) is 22.2 Å². The highest BCUT2D eigenvalue weighted by Gasteiger charge is 2.35. The summed E-state index contributed by atoms with van der Waals surface area (Å²) in [5, 5.41) is 0. The maximum absolute atomic E-state index is 14.0. The van der Waals surface area contributed by atoms with E-state index in [1.54, 1.807) is 23.3 Å². The average Bonchev–Trinajstić information content (AvgIpc) is 3.24. The number of benzene rings is 1. The van der Waals surface area contributed by atoms with Crippen molar-refractivity contribution in [1.29, 1.82) is 0 Å². The van der Waals surface area contributed by atoms with Gasteiger partial charge in [0.1, 0.15) is 16.5 Å². The molecule has 0 aliphatic carbocycles. The van der Waals surface area contributed by atoms with E-state index in [1.807, 2.05) is 24.4 Å². The van der Waals surface area contributed by atoms with Gasteiger partial charge in [0.05, 0.1) is 17.9 Å². The summed E-state index contributed by atoms with van der Waals surface area (Å²) < 4.78 is 56.1. The van der Waals surface area contributed by atoms with Crippen LogP contribution < -0.4 is 0 Å². The van der Waals surface area contributed by atoms with E-state index in [4.69, 9.17) is 0 Å². The van der Waals surface area contributed by atoms with Crippen molar-refractivity contribution in [2.75, 3.05) is 20.1 Å². The van der Waals surface area contributed by atoms with E-state index in [-0.39, 0.29) is 24.9 Å². The van der Waals surface area contributed by atoms with Crippen LogP contribution in [-0.4, -0.2) is 53.1 Å². The molecule has 32 heavy (non-hydrogen) atoms. The van der Waals surface area contributed by atoms with Gasteiger partial charge in [-0.05, 0) is 44.9 Å². The third-order valence-corrected chi connectivity index (χ3v) is 8.63. The van der Waals surface area contributed by atoms with Crippen LogP contribution in [0, 0.1) is 31.4 Å². The maximum Gasteiger partial charge on any atom is 0.246 e. The SMILES string of the molecule is Cc1cn2c(CN(C)C(=O)C3CCN(S(=O)(=O)c4cc(F)ccc4F)CC3)c(C)nc2s1. The molecule has 0 unspecified atom stereocenters. The number of aromatic nitrogens is 2. The Hall–Kier alpha value is -2.37. The van der Waals surface area contributed by atoms with Crippen LogP contribution in [0.25, 0.3) is 4.96 Å². The Bertz CT molecular complexity index is 1280. The van der Waals surface area contributed by atoms with Crippen LogP contribution in [0.1, 0.15) is 29.1 Å². The topological polar surface area (TPSA) is 75.0 Å². The molecule has 0 bridgehead atoms. The second-order valence-corrected chi connectivity index (χ2v) is 11.2. The molecule has 0 saturated carbocycles. The van der Waals surface area contributed by atoms with Gasteiger partial charge in [-0.3, -0.25) is 9.20 Å². The van der Waals surface area contributed by atoms with Gasteiger partial charge in [-0.1, -0.05) is 0 Å². The number of sulfonamides is 1. The second-order valence-electron chi connectivity index (χ2n) is 8.09. The van der Waals surface area contributed by atoms with Crippen LogP contribution in [0.4, 0.5) is 8.78 Å². The first-order valence-electron chi connectivity index (χ1n) is 10.2. The molecule has 1 aliphatic heterocycles. The first-order chi connectivity index (χ1) is 15.1. The van der Waals surface area contributed by atoms with Crippen LogP contribution in [0.15, 0.2) is 29.3 Å². The Balaban J connectivity index is 1.43. The minimum atomic E-state index is -4.17. The second kappa shape index (κ2) is 8.53. The van der Waals surface area contributed by atoms with Crippen molar-refractivity contribution < 1.29 is 22.0 Å². The number of piperidine rings is 1. The number of imidazole rings is 1. The number of thiazole rings is 1. The lowest BCUT2D eigenvalue weighted by molar-refractivity contribution is -0.136. The lowest BCUT2D eigenvalue weighted by Crippen LogP contribution is -2.43. The maximum atomic E-state index is 14.0. The van der Waals surface area contributed by atoms with E-state index < -0.39 is 26.6 Å². The lowest BCUT2D eigenvalue weighted by Gasteiger charge is -2.32. The van der Waals surface area contributed by atoms with E-state index in [9.17, 15) is 22.0 Å². The Kier molecular flexibility index (Phi) is 6.08. The van der Waals surface area contributed by atoms with Crippen LogP contribution in [0.5, 0.6) is 0 Å². The van der Waals surface area contributed by atoms with Crippen molar-refractivity contribution in [3.63, 3.8) is 0 Å². The summed E-state index contributed by atoms with van der Waals surface area (Å²) in [5.74, 6) is -2.21. The number of nitrogens with zero attached hydrogens (tertiary/aromatic N) is 4. The van der Waals surface area contributed by atoms with Crippen molar-refractivity contribution in [3.05, 3.63) is 52.3 Å². The van der Waals surface area contributed by atoms with Gasteiger partial charge in [0.25, 0.3) is 0 Å². The van der Waals surface area contributed by atoms with Gasteiger partial charge >= 0.3 is 0 Å².